The molecule has 1 aromatic heterocycles. The van der Waals surface area contributed by atoms with E-state index in [9.17, 15) is 0 Å². The van der Waals surface area contributed by atoms with Gasteiger partial charge in [-0.1, -0.05) is 20.3 Å². The summed E-state index contributed by atoms with van der Waals surface area (Å²) in [5.41, 5.74) is 7.20. The van der Waals surface area contributed by atoms with Crippen LogP contribution in [0.2, 0.25) is 0 Å². The standard InChI is InChI=1S/C11H20N2S/c1-5-7-11(4,12)10-13-9(6-2)8(3)14-10/h5-7,12H2,1-4H3. The summed E-state index contributed by atoms with van der Waals surface area (Å²) in [5.74, 6) is 0. The van der Waals surface area contributed by atoms with Gasteiger partial charge < -0.3 is 5.73 Å². The second kappa shape index (κ2) is 4.41. The molecule has 0 saturated heterocycles. The van der Waals surface area contributed by atoms with Crippen molar-refractivity contribution in [3.8, 4) is 0 Å². The van der Waals surface area contributed by atoms with E-state index in [1.54, 1.807) is 11.3 Å². The molecule has 0 bridgehead atoms. The van der Waals surface area contributed by atoms with Crippen LogP contribution in [0, 0.1) is 6.92 Å². The third kappa shape index (κ3) is 2.34. The Hall–Kier alpha value is -0.410. The lowest BCUT2D eigenvalue weighted by Gasteiger charge is -2.20. The molecule has 3 heteroatoms. The second-order valence-corrected chi connectivity index (χ2v) is 5.25. The Kier molecular flexibility index (Phi) is 3.67. The number of rotatable bonds is 4. The molecule has 2 nitrogen and oxygen atoms in total. The molecule has 1 rings (SSSR count). The Morgan fingerprint density at radius 3 is 2.50 bits per heavy atom. The van der Waals surface area contributed by atoms with Gasteiger partial charge in [-0.25, -0.2) is 4.98 Å². The summed E-state index contributed by atoms with van der Waals surface area (Å²) >= 11 is 1.75. The van der Waals surface area contributed by atoms with Gasteiger partial charge in [-0.3, -0.25) is 0 Å². The number of thiazole rings is 1. The summed E-state index contributed by atoms with van der Waals surface area (Å²) in [4.78, 5) is 5.93. The van der Waals surface area contributed by atoms with Crippen LogP contribution in [-0.2, 0) is 12.0 Å². The molecule has 80 valence electrons. The molecule has 0 aliphatic rings. The average molecular weight is 212 g/mol. The third-order valence-electron chi connectivity index (χ3n) is 2.49. The molecule has 0 aliphatic carbocycles. The third-order valence-corrected chi connectivity index (χ3v) is 3.78. The summed E-state index contributed by atoms with van der Waals surface area (Å²) < 4.78 is 0. The van der Waals surface area contributed by atoms with Gasteiger partial charge in [-0.15, -0.1) is 11.3 Å². The minimum atomic E-state index is -0.238. The molecule has 2 N–H and O–H groups in total. The molecule has 1 heterocycles. The van der Waals surface area contributed by atoms with E-state index in [1.165, 1.54) is 10.6 Å². The van der Waals surface area contributed by atoms with Crippen molar-refractivity contribution in [2.75, 3.05) is 0 Å². The van der Waals surface area contributed by atoms with Crippen molar-refractivity contribution in [1.82, 2.24) is 4.98 Å². The summed E-state index contributed by atoms with van der Waals surface area (Å²) in [6, 6.07) is 0. The van der Waals surface area contributed by atoms with Crippen molar-refractivity contribution in [1.29, 1.82) is 0 Å². The molecule has 0 amide bonds. The first-order chi connectivity index (χ1) is 6.51. The van der Waals surface area contributed by atoms with Crippen molar-refractivity contribution >= 4 is 11.3 Å². The first-order valence-electron chi connectivity index (χ1n) is 5.27. The molecule has 0 aromatic carbocycles. The molecular weight excluding hydrogens is 192 g/mol. The summed E-state index contributed by atoms with van der Waals surface area (Å²) in [7, 11) is 0. The fourth-order valence-electron chi connectivity index (χ4n) is 1.63. The van der Waals surface area contributed by atoms with E-state index in [-0.39, 0.29) is 5.54 Å². The summed E-state index contributed by atoms with van der Waals surface area (Å²) in [5, 5.41) is 1.09. The molecule has 0 radical (unpaired) electrons. The largest absolute Gasteiger partial charge is 0.320 e. The van der Waals surface area contributed by atoms with Crippen LogP contribution in [0.4, 0.5) is 0 Å². The maximum atomic E-state index is 6.23. The van der Waals surface area contributed by atoms with Gasteiger partial charge in [0.05, 0.1) is 11.2 Å². The Balaban J connectivity index is 2.95. The van der Waals surface area contributed by atoms with Crippen LogP contribution < -0.4 is 5.73 Å². The first-order valence-corrected chi connectivity index (χ1v) is 6.08. The van der Waals surface area contributed by atoms with E-state index in [1.807, 2.05) is 0 Å². The van der Waals surface area contributed by atoms with Gasteiger partial charge in [-0.2, -0.15) is 0 Å². The average Bonchev–Trinajstić information content (AvgIpc) is 2.47. The highest BCUT2D eigenvalue weighted by Gasteiger charge is 2.24. The normalized spacial score (nSPS) is 15.5. The minimum absolute atomic E-state index is 0.238. The summed E-state index contributed by atoms with van der Waals surface area (Å²) in [6.45, 7) is 8.50. The SMILES string of the molecule is CCCC(C)(N)c1nc(CC)c(C)s1. The van der Waals surface area contributed by atoms with E-state index in [2.05, 4.69) is 32.7 Å². The highest BCUT2D eigenvalue weighted by atomic mass is 32.1. The van der Waals surface area contributed by atoms with Crippen molar-refractivity contribution < 1.29 is 0 Å². The number of aromatic nitrogens is 1. The van der Waals surface area contributed by atoms with E-state index in [0.29, 0.717) is 0 Å². The van der Waals surface area contributed by atoms with E-state index < -0.39 is 0 Å². The topological polar surface area (TPSA) is 38.9 Å². The maximum Gasteiger partial charge on any atom is 0.113 e. The van der Waals surface area contributed by atoms with Crippen molar-refractivity contribution in [2.45, 2.75) is 52.5 Å². The highest BCUT2D eigenvalue weighted by Crippen LogP contribution is 2.29. The lowest BCUT2D eigenvalue weighted by molar-refractivity contribution is 0.443. The number of nitrogens with two attached hydrogens (primary N) is 1. The van der Waals surface area contributed by atoms with Crippen LogP contribution in [0.15, 0.2) is 0 Å². The predicted octanol–water partition coefficient (Wildman–Crippen LogP) is 2.99. The second-order valence-electron chi connectivity index (χ2n) is 4.04. The fourth-order valence-corrected chi connectivity index (χ4v) is 2.72. The van der Waals surface area contributed by atoms with Gasteiger partial charge in [0.1, 0.15) is 5.01 Å². The first kappa shape index (κ1) is 11.7. The molecule has 0 fully saturated rings. The predicted molar refractivity (Wildman–Crippen MR) is 62.7 cm³/mol. The zero-order chi connectivity index (χ0) is 10.8. The highest BCUT2D eigenvalue weighted by molar-refractivity contribution is 7.11. The minimum Gasteiger partial charge on any atom is -0.320 e. The number of hydrogen-bond acceptors (Lipinski definition) is 3. The number of nitrogens with zero attached hydrogens (tertiary/aromatic N) is 1. The van der Waals surface area contributed by atoms with E-state index >= 15 is 0 Å². The van der Waals surface area contributed by atoms with Crippen molar-refractivity contribution in [3.63, 3.8) is 0 Å². The molecule has 1 aromatic rings. The van der Waals surface area contributed by atoms with Crippen molar-refractivity contribution in [2.24, 2.45) is 5.73 Å². The monoisotopic (exact) mass is 212 g/mol. The lowest BCUT2D eigenvalue weighted by Crippen LogP contribution is -2.32. The van der Waals surface area contributed by atoms with Crippen LogP contribution in [-0.4, -0.2) is 4.98 Å². The molecule has 0 aliphatic heterocycles. The van der Waals surface area contributed by atoms with Gasteiger partial charge in [0.2, 0.25) is 0 Å². The Bertz CT molecular complexity index is 302. The molecule has 1 unspecified atom stereocenters. The van der Waals surface area contributed by atoms with Crippen LogP contribution in [0.3, 0.4) is 0 Å². The van der Waals surface area contributed by atoms with Gasteiger partial charge in [-0.05, 0) is 26.7 Å². The summed E-state index contributed by atoms with van der Waals surface area (Å²) in [6.07, 6.45) is 3.11. The molecular formula is C11H20N2S. The quantitative estimate of drug-likeness (QED) is 0.833. The number of aryl methyl sites for hydroxylation is 2. The van der Waals surface area contributed by atoms with E-state index in [4.69, 9.17) is 5.73 Å². The number of hydrogen-bond donors (Lipinski definition) is 1. The Morgan fingerprint density at radius 1 is 1.43 bits per heavy atom. The lowest BCUT2D eigenvalue weighted by atomic mass is 9.99. The Morgan fingerprint density at radius 2 is 2.07 bits per heavy atom. The van der Waals surface area contributed by atoms with Gasteiger partial charge in [0.25, 0.3) is 0 Å². The Labute approximate surface area is 90.6 Å². The van der Waals surface area contributed by atoms with Crippen LogP contribution >= 0.6 is 11.3 Å². The zero-order valence-corrected chi connectivity index (χ0v) is 10.4. The zero-order valence-electron chi connectivity index (χ0n) is 9.55. The molecule has 0 spiro atoms. The smallest absolute Gasteiger partial charge is 0.113 e. The molecule has 0 saturated carbocycles. The van der Waals surface area contributed by atoms with Gasteiger partial charge in [0, 0.05) is 4.88 Å². The fraction of sp³-hybridized carbons (Fsp3) is 0.727. The van der Waals surface area contributed by atoms with Gasteiger partial charge in [0.15, 0.2) is 0 Å². The molecule has 14 heavy (non-hydrogen) atoms. The van der Waals surface area contributed by atoms with Gasteiger partial charge >= 0.3 is 0 Å². The van der Waals surface area contributed by atoms with Crippen molar-refractivity contribution in [3.05, 3.63) is 15.6 Å². The maximum absolute atomic E-state index is 6.23. The van der Waals surface area contributed by atoms with Crippen LogP contribution in [0.1, 0.15) is 49.2 Å². The van der Waals surface area contributed by atoms with E-state index in [0.717, 1.165) is 24.3 Å². The van der Waals surface area contributed by atoms with Crippen LogP contribution in [0.5, 0.6) is 0 Å². The molecule has 1 atom stereocenters. The van der Waals surface area contributed by atoms with Crippen LogP contribution in [0.25, 0.3) is 0 Å².